The Morgan fingerprint density at radius 3 is 2.59 bits per heavy atom. The standard InChI is InChI=1S/C14H28N2O/c1-12(13-8-4-2-5-9-13)16-14(17)10-6-3-7-11-15/h12-13H,2-11,15H2,1H3,(H,16,17)/t12-/m0/s1. The fraction of sp³-hybridized carbons (Fsp3) is 0.929. The first kappa shape index (κ1) is 14.5. The molecule has 1 rings (SSSR count). The Morgan fingerprint density at radius 2 is 1.94 bits per heavy atom. The van der Waals surface area contributed by atoms with Gasteiger partial charge in [0.2, 0.25) is 5.91 Å². The summed E-state index contributed by atoms with van der Waals surface area (Å²) in [5, 5.41) is 3.16. The van der Waals surface area contributed by atoms with Gasteiger partial charge in [0.1, 0.15) is 0 Å². The van der Waals surface area contributed by atoms with Crippen molar-refractivity contribution in [2.75, 3.05) is 6.54 Å². The summed E-state index contributed by atoms with van der Waals surface area (Å²) in [5.41, 5.74) is 5.42. The fourth-order valence-electron chi connectivity index (χ4n) is 2.68. The van der Waals surface area contributed by atoms with Crippen molar-refractivity contribution in [3.8, 4) is 0 Å². The van der Waals surface area contributed by atoms with Crippen LogP contribution in [0, 0.1) is 5.92 Å². The van der Waals surface area contributed by atoms with Gasteiger partial charge in [0.25, 0.3) is 0 Å². The lowest BCUT2D eigenvalue weighted by Crippen LogP contribution is -2.38. The van der Waals surface area contributed by atoms with E-state index in [0.717, 1.165) is 25.8 Å². The number of hydrogen-bond acceptors (Lipinski definition) is 2. The van der Waals surface area contributed by atoms with Crippen molar-refractivity contribution in [1.82, 2.24) is 5.32 Å². The zero-order valence-electron chi connectivity index (χ0n) is 11.2. The Labute approximate surface area is 106 Å². The third-order valence-electron chi connectivity index (χ3n) is 3.85. The molecular weight excluding hydrogens is 212 g/mol. The van der Waals surface area contributed by atoms with Gasteiger partial charge in [0, 0.05) is 12.5 Å². The summed E-state index contributed by atoms with van der Waals surface area (Å²) in [4.78, 5) is 11.7. The Morgan fingerprint density at radius 1 is 1.24 bits per heavy atom. The summed E-state index contributed by atoms with van der Waals surface area (Å²) in [6.07, 6.45) is 10.4. The highest BCUT2D eigenvalue weighted by Gasteiger charge is 2.20. The van der Waals surface area contributed by atoms with Crippen LogP contribution in [0.4, 0.5) is 0 Å². The molecule has 100 valence electrons. The smallest absolute Gasteiger partial charge is 0.220 e. The van der Waals surface area contributed by atoms with Crippen molar-refractivity contribution < 1.29 is 4.79 Å². The number of unbranched alkanes of at least 4 members (excludes halogenated alkanes) is 2. The lowest BCUT2D eigenvalue weighted by atomic mass is 9.84. The first-order valence-electron chi connectivity index (χ1n) is 7.23. The number of rotatable bonds is 7. The molecule has 1 saturated carbocycles. The van der Waals surface area contributed by atoms with Crippen molar-refractivity contribution in [1.29, 1.82) is 0 Å². The van der Waals surface area contributed by atoms with Crippen LogP contribution < -0.4 is 11.1 Å². The highest BCUT2D eigenvalue weighted by molar-refractivity contribution is 5.76. The third kappa shape index (κ3) is 6.06. The molecule has 1 fully saturated rings. The molecule has 0 aromatic heterocycles. The number of amides is 1. The summed E-state index contributed by atoms with van der Waals surface area (Å²) < 4.78 is 0. The van der Waals surface area contributed by atoms with Gasteiger partial charge in [-0.1, -0.05) is 25.7 Å². The maximum atomic E-state index is 11.7. The predicted octanol–water partition coefficient (Wildman–Crippen LogP) is 2.59. The number of nitrogens with one attached hydrogen (secondary N) is 1. The van der Waals surface area contributed by atoms with Crippen LogP contribution in [0.25, 0.3) is 0 Å². The largest absolute Gasteiger partial charge is 0.353 e. The van der Waals surface area contributed by atoms with Gasteiger partial charge in [-0.15, -0.1) is 0 Å². The lowest BCUT2D eigenvalue weighted by Gasteiger charge is -2.28. The number of carbonyl (C=O) groups excluding carboxylic acids is 1. The lowest BCUT2D eigenvalue weighted by molar-refractivity contribution is -0.122. The van der Waals surface area contributed by atoms with E-state index in [1.165, 1.54) is 32.1 Å². The SMILES string of the molecule is C[C@H](NC(=O)CCCCCN)C1CCCCC1. The molecule has 0 unspecified atom stereocenters. The monoisotopic (exact) mass is 240 g/mol. The van der Waals surface area contributed by atoms with Gasteiger partial charge in [0.05, 0.1) is 0 Å². The highest BCUT2D eigenvalue weighted by Crippen LogP contribution is 2.26. The molecule has 0 aromatic rings. The Kier molecular flexibility index (Phi) is 7.25. The van der Waals surface area contributed by atoms with Crippen molar-refractivity contribution in [3.63, 3.8) is 0 Å². The second kappa shape index (κ2) is 8.51. The van der Waals surface area contributed by atoms with E-state index in [2.05, 4.69) is 12.2 Å². The minimum atomic E-state index is 0.222. The first-order valence-corrected chi connectivity index (χ1v) is 7.23. The predicted molar refractivity (Wildman–Crippen MR) is 71.7 cm³/mol. The van der Waals surface area contributed by atoms with E-state index in [1.807, 2.05) is 0 Å². The van der Waals surface area contributed by atoms with Crippen LogP contribution in [0.5, 0.6) is 0 Å². The average Bonchev–Trinajstić information content (AvgIpc) is 2.36. The van der Waals surface area contributed by atoms with Gasteiger partial charge in [-0.3, -0.25) is 4.79 Å². The molecule has 1 aliphatic carbocycles. The summed E-state index contributed by atoms with van der Waals surface area (Å²) in [6, 6.07) is 0.359. The molecule has 0 bridgehead atoms. The van der Waals surface area contributed by atoms with Gasteiger partial charge in [0.15, 0.2) is 0 Å². The Hall–Kier alpha value is -0.570. The van der Waals surface area contributed by atoms with Crippen molar-refractivity contribution in [3.05, 3.63) is 0 Å². The third-order valence-corrected chi connectivity index (χ3v) is 3.85. The molecule has 3 nitrogen and oxygen atoms in total. The van der Waals surface area contributed by atoms with Gasteiger partial charge in [-0.2, -0.15) is 0 Å². The summed E-state index contributed by atoms with van der Waals surface area (Å²) in [7, 11) is 0. The van der Waals surface area contributed by atoms with Crippen LogP contribution in [0.2, 0.25) is 0 Å². The van der Waals surface area contributed by atoms with Gasteiger partial charge in [-0.05, 0) is 45.1 Å². The minimum absolute atomic E-state index is 0.222. The quantitative estimate of drug-likeness (QED) is 0.672. The molecule has 0 aliphatic heterocycles. The van der Waals surface area contributed by atoms with Gasteiger partial charge < -0.3 is 11.1 Å². The maximum Gasteiger partial charge on any atom is 0.220 e. The second-order valence-corrected chi connectivity index (χ2v) is 5.35. The van der Waals surface area contributed by atoms with Crippen LogP contribution in [0.15, 0.2) is 0 Å². The highest BCUT2D eigenvalue weighted by atomic mass is 16.1. The molecule has 0 radical (unpaired) electrons. The topological polar surface area (TPSA) is 55.1 Å². The number of carbonyl (C=O) groups is 1. The summed E-state index contributed by atoms with van der Waals surface area (Å²) in [5.74, 6) is 0.928. The molecule has 0 aromatic carbocycles. The van der Waals surface area contributed by atoms with E-state index in [-0.39, 0.29) is 5.91 Å². The molecule has 3 heteroatoms. The average molecular weight is 240 g/mol. The van der Waals surface area contributed by atoms with Crippen molar-refractivity contribution in [2.45, 2.75) is 70.8 Å². The molecule has 3 N–H and O–H groups in total. The zero-order chi connectivity index (χ0) is 12.5. The van der Waals surface area contributed by atoms with E-state index in [0.29, 0.717) is 18.4 Å². The van der Waals surface area contributed by atoms with Crippen molar-refractivity contribution in [2.24, 2.45) is 11.7 Å². The minimum Gasteiger partial charge on any atom is -0.353 e. The van der Waals surface area contributed by atoms with Crippen LogP contribution in [-0.2, 0) is 4.79 Å². The normalized spacial score (nSPS) is 18.9. The van der Waals surface area contributed by atoms with E-state index in [1.54, 1.807) is 0 Å². The van der Waals surface area contributed by atoms with E-state index in [9.17, 15) is 4.79 Å². The molecule has 0 spiro atoms. The molecule has 1 amide bonds. The Bertz CT molecular complexity index is 212. The van der Waals surface area contributed by atoms with Gasteiger partial charge in [-0.25, -0.2) is 0 Å². The van der Waals surface area contributed by atoms with Gasteiger partial charge >= 0.3 is 0 Å². The van der Waals surface area contributed by atoms with E-state index < -0.39 is 0 Å². The van der Waals surface area contributed by atoms with E-state index >= 15 is 0 Å². The zero-order valence-corrected chi connectivity index (χ0v) is 11.2. The second-order valence-electron chi connectivity index (χ2n) is 5.35. The Balaban J connectivity index is 2.11. The van der Waals surface area contributed by atoms with Crippen LogP contribution in [-0.4, -0.2) is 18.5 Å². The number of hydrogen-bond donors (Lipinski definition) is 2. The van der Waals surface area contributed by atoms with Crippen LogP contribution >= 0.6 is 0 Å². The molecule has 17 heavy (non-hydrogen) atoms. The van der Waals surface area contributed by atoms with Crippen LogP contribution in [0.1, 0.15) is 64.7 Å². The summed E-state index contributed by atoms with van der Waals surface area (Å²) in [6.45, 7) is 2.90. The molecule has 1 aliphatic rings. The molecule has 0 saturated heterocycles. The first-order chi connectivity index (χ1) is 8.24. The van der Waals surface area contributed by atoms with E-state index in [4.69, 9.17) is 5.73 Å². The summed E-state index contributed by atoms with van der Waals surface area (Å²) >= 11 is 0. The molecular formula is C14H28N2O. The molecule has 0 heterocycles. The fourth-order valence-corrected chi connectivity index (χ4v) is 2.68. The maximum absolute atomic E-state index is 11.7. The number of nitrogens with two attached hydrogens (primary N) is 1. The van der Waals surface area contributed by atoms with Crippen molar-refractivity contribution >= 4 is 5.91 Å². The molecule has 1 atom stereocenters. The van der Waals surface area contributed by atoms with Crippen LogP contribution in [0.3, 0.4) is 0 Å².